The maximum atomic E-state index is 10.9. The predicted octanol–water partition coefficient (Wildman–Crippen LogP) is 4.00. The van der Waals surface area contributed by atoms with E-state index in [1.54, 1.807) is 12.1 Å². The van der Waals surface area contributed by atoms with Gasteiger partial charge in [-0.05, 0) is 42.2 Å². The van der Waals surface area contributed by atoms with E-state index >= 15 is 0 Å². The summed E-state index contributed by atoms with van der Waals surface area (Å²) in [5.41, 5.74) is 2.32. The first-order chi connectivity index (χ1) is 10.4. The lowest BCUT2D eigenvalue weighted by atomic mass is 10.0. The van der Waals surface area contributed by atoms with Crippen LogP contribution in [0.4, 0.5) is 0 Å². The van der Waals surface area contributed by atoms with Gasteiger partial charge in [-0.15, -0.1) is 0 Å². The molecule has 0 aliphatic rings. The molecule has 2 aromatic carbocycles. The van der Waals surface area contributed by atoms with Crippen molar-refractivity contribution in [3.8, 4) is 11.5 Å². The lowest BCUT2D eigenvalue weighted by molar-refractivity contribution is 0.0597. The Balaban J connectivity index is 0.000000220. The molecule has 2 N–H and O–H groups in total. The Bertz CT molecular complexity index is 633. The Morgan fingerprint density at radius 3 is 2.18 bits per heavy atom. The molecule has 0 radical (unpaired) electrons. The number of methoxy groups -OCH3 is 1. The highest BCUT2D eigenvalue weighted by Gasteiger charge is 2.08. The molecule has 0 spiro atoms. The highest BCUT2D eigenvalue weighted by molar-refractivity contribution is 5.92. The smallest absolute Gasteiger partial charge is 0.341 e. The van der Waals surface area contributed by atoms with E-state index in [1.165, 1.54) is 24.8 Å². The van der Waals surface area contributed by atoms with Crippen molar-refractivity contribution < 1.29 is 19.7 Å². The number of carbonyl (C=O) groups excluding carboxylic acids is 1. The standard InChI is InChI=1S/C10H14O.C8H8O3/c1-7(2)9-5-4-8(3)10(11)6-9;1-11-8(10)6-4-2-3-5-7(6)9/h4-7,11H,1-3H3;2-5,9H,1H3. The number of phenols is 2. The van der Waals surface area contributed by atoms with Crippen molar-refractivity contribution >= 4 is 5.97 Å². The minimum atomic E-state index is -0.525. The summed E-state index contributed by atoms with van der Waals surface area (Å²) >= 11 is 0. The summed E-state index contributed by atoms with van der Waals surface area (Å²) in [6, 6.07) is 12.1. The molecular weight excluding hydrogens is 280 g/mol. The Kier molecular flexibility index (Phi) is 6.45. The first kappa shape index (κ1) is 17.6. The minimum Gasteiger partial charge on any atom is -0.508 e. The van der Waals surface area contributed by atoms with E-state index in [0.29, 0.717) is 11.7 Å². The van der Waals surface area contributed by atoms with Crippen LogP contribution in [0, 0.1) is 6.92 Å². The average Bonchev–Trinajstić information content (AvgIpc) is 2.50. The number of aryl methyl sites for hydroxylation is 1. The quantitative estimate of drug-likeness (QED) is 0.823. The monoisotopic (exact) mass is 302 g/mol. The summed E-state index contributed by atoms with van der Waals surface area (Å²) < 4.78 is 4.42. The number of hydrogen-bond acceptors (Lipinski definition) is 4. The Morgan fingerprint density at radius 1 is 1.05 bits per heavy atom. The second-order valence-corrected chi connectivity index (χ2v) is 5.21. The van der Waals surface area contributed by atoms with Gasteiger partial charge in [0.15, 0.2) is 0 Å². The molecule has 4 nitrogen and oxygen atoms in total. The molecule has 0 fully saturated rings. The van der Waals surface area contributed by atoms with Crippen LogP contribution in [0.3, 0.4) is 0 Å². The fourth-order valence-electron chi connectivity index (χ4n) is 1.74. The topological polar surface area (TPSA) is 66.8 Å². The molecule has 0 heterocycles. The van der Waals surface area contributed by atoms with Crippen molar-refractivity contribution in [2.75, 3.05) is 7.11 Å². The molecule has 0 saturated heterocycles. The first-order valence-electron chi connectivity index (χ1n) is 7.02. The van der Waals surface area contributed by atoms with Gasteiger partial charge in [0.2, 0.25) is 0 Å². The second-order valence-electron chi connectivity index (χ2n) is 5.21. The van der Waals surface area contributed by atoms with Crippen LogP contribution in [-0.2, 0) is 4.74 Å². The summed E-state index contributed by atoms with van der Waals surface area (Å²) in [7, 11) is 1.27. The van der Waals surface area contributed by atoms with Gasteiger partial charge >= 0.3 is 5.97 Å². The van der Waals surface area contributed by atoms with Gasteiger partial charge in [-0.25, -0.2) is 4.79 Å². The molecule has 0 aromatic heterocycles. The van der Waals surface area contributed by atoms with Crippen LogP contribution in [0.2, 0.25) is 0 Å². The molecule has 4 heteroatoms. The van der Waals surface area contributed by atoms with Crippen molar-refractivity contribution in [2.24, 2.45) is 0 Å². The molecule has 22 heavy (non-hydrogen) atoms. The normalized spacial score (nSPS) is 9.86. The Labute approximate surface area is 131 Å². The number of hydrogen-bond donors (Lipinski definition) is 2. The number of rotatable bonds is 2. The van der Waals surface area contributed by atoms with E-state index in [1.807, 2.05) is 19.1 Å². The van der Waals surface area contributed by atoms with Crippen LogP contribution < -0.4 is 0 Å². The fraction of sp³-hybridized carbons (Fsp3) is 0.278. The number of phenolic OH excluding ortho intramolecular Hbond substituents is 2. The zero-order chi connectivity index (χ0) is 16.7. The summed E-state index contributed by atoms with van der Waals surface area (Å²) in [6.07, 6.45) is 0. The number of carbonyl (C=O) groups is 1. The van der Waals surface area contributed by atoms with E-state index in [2.05, 4.69) is 24.7 Å². The van der Waals surface area contributed by atoms with E-state index in [-0.39, 0.29) is 11.3 Å². The van der Waals surface area contributed by atoms with Crippen molar-refractivity contribution in [3.63, 3.8) is 0 Å². The number of esters is 1. The number of benzene rings is 2. The summed E-state index contributed by atoms with van der Waals surface area (Å²) in [4.78, 5) is 10.9. The Hall–Kier alpha value is -2.49. The molecule has 2 aromatic rings. The van der Waals surface area contributed by atoms with E-state index in [4.69, 9.17) is 5.11 Å². The van der Waals surface area contributed by atoms with Crippen molar-refractivity contribution in [1.82, 2.24) is 0 Å². The third-order valence-electron chi connectivity index (χ3n) is 3.21. The summed E-state index contributed by atoms with van der Waals surface area (Å²) in [5.74, 6) is 0.306. The molecular formula is C18H22O4. The van der Waals surface area contributed by atoms with Crippen LogP contribution in [0.25, 0.3) is 0 Å². The molecule has 0 atom stereocenters. The van der Waals surface area contributed by atoms with Gasteiger partial charge in [0.1, 0.15) is 17.1 Å². The van der Waals surface area contributed by atoms with Gasteiger partial charge in [-0.1, -0.05) is 38.1 Å². The third-order valence-corrected chi connectivity index (χ3v) is 3.21. The fourth-order valence-corrected chi connectivity index (χ4v) is 1.74. The minimum absolute atomic E-state index is 0.0562. The molecule has 118 valence electrons. The molecule has 2 rings (SSSR count). The van der Waals surface area contributed by atoms with Crippen LogP contribution in [-0.4, -0.2) is 23.3 Å². The van der Waals surface area contributed by atoms with Gasteiger partial charge in [-0.2, -0.15) is 0 Å². The van der Waals surface area contributed by atoms with Crippen molar-refractivity contribution in [1.29, 1.82) is 0 Å². The largest absolute Gasteiger partial charge is 0.508 e. The predicted molar refractivity (Wildman–Crippen MR) is 86.4 cm³/mol. The van der Waals surface area contributed by atoms with E-state index in [9.17, 15) is 9.90 Å². The van der Waals surface area contributed by atoms with Gasteiger partial charge < -0.3 is 14.9 Å². The maximum Gasteiger partial charge on any atom is 0.341 e. The van der Waals surface area contributed by atoms with Crippen LogP contribution >= 0.6 is 0 Å². The average molecular weight is 302 g/mol. The van der Waals surface area contributed by atoms with Gasteiger partial charge in [0, 0.05) is 0 Å². The van der Waals surface area contributed by atoms with Gasteiger partial charge in [-0.3, -0.25) is 0 Å². The van der Waals surface area contributed by atoms with Gasteiger partial charge in [0.05, 0.1) is 7.11 Å². The highest BCUT2D eigenvalue weighted by atomic mass is 16.5. The van der Waals surface area contributed by atoms with Gasteiger partial charge in [0.25, 0.3) is 0 Å². The third kappa shape index (κ3) is 4.81. The van der Waals surface area contributed by atoms with Crippen LogP contribution in [0.5, 0.6) is 11.5 Å². The number of aromatic hydroxyl groups is 2. The number of para-hydroxylation sites is 1. The molecule has 0 bridgehead atoms. The zero-order valence-electron chi connectivity index (χ0n) is 13.3. The van der Waals surface area contributed by atoms with E-state index in [0.717, 1.165) is 5.56 Å². The van der Waals surface area contributed by atoms with Crippen molar-refractivity contribution in [3.05, 3.63) is 59.2 Å². The first-order valence-corrected chi connectivity index (χ1v) is 7.02. The lowest BCUT2D eigenvalue weighted by Crippen LogP contribution is -2.00. The number of ether oxygens (including phenoxy) is 1. The molecule has 0 amide bonds. The summed E-state index contributed by atoms with van der Waals surface area (Å²) in [5, 5.41) is 18.5. The lowest BCUT2D eigenvalue weighted by Gasteiger charge is -2.06. The second kappa shape index (κ2) is 8.08. The van der Waals surface area contributed by atoms with Crippen molar-refractivity contribution in [2.45, 2.75) is 26.7 Å². The van der Waals surface area contributed by atoms with E-state index < -0.39 is 5.97 Å². The maximum absolute atomic E-state index is 10.9. The zero-order valence-corrected chi connectivity index (χ0v) is 13.3. The van der Waals surface area contributed by atoms with Crippen LogP contribution in [0.1, 0.15) is 41.3 Å². The molecule has 0 aliphatic heterocycles. The molecule has 0 aliphatic carbocycles. The summed E-state index contributed by atoms with van der Waals surface area (Å²) in [6.45, 7) is 6.13. The highest BCUT2D eigenvalue weighted by Crippen LogP contribution is 2.22. The Morgan fingerprint density at radius 2 is 1.68 bits per heavy atom. The molecule has 0 saturated carbocycles. The SMILES string of the molecule is COC(=O)c1ccccc1O.Cc1ccc(C(C)C)cc1O. The molecule has 0 unspecified atom stereocenters. The van der Waals surface area contributed by atoms with Crippen LogP contribution in [0.15, 0.2) is 42.5 Å².